The Hall–Kier alpha value is -7.20. The first kappa shape index (κ1) is 55.0. The van der Waals surface area contributed by atoms with Gasteiger partial charge in [0, 0.05) is 9.82 Å². The highest BCUT2D eigenvalue weighted by Crippen LogP contribution is 2.34. The quantitative estimate of drug-likeness (QED) is 0.0232. The first-order valence-electron chi connectivity index (χ1n) is 25.5. The Morgan fingerprint density at radius 2 is 0.803 bits per heavy atom. The van der Waals surface area contributed by atoms with Gasteiger partial charge < -0.3 is 42.6 Å². The lowest BCUT2D eigenvalue weighted by atomic mass is 9.96. The van der Waals surface area contributed by atoms with Crippen LogP contribution in [0, 0.1) is 0 Å². The van der Waals surface area contributed by atoms with Gasteiger partial charge in [-0.2, -0.15) is 0 Å². The molecule has 0 saturated carbocycles. The Morgan fingerprint density at radius 3 is 1.24 bits per heavy atom. The van der Waals surface area contributed by atoms with Crippen molar-refractivity contribution < 1.29 is 42.6 Å². The summed E-state index contributed by atoms with van der Waals surface area (Å²) in [7, 11) is 0. The van der Waals surface area contributed by atoms with E-state index in [9.17, 15) is 11.1 Å². The molecule has 7 aromatic rings. The molecular formula is C61H64N6O9. The number of azide groups is 2. The molecule has 15 heteroatoms. The van der Waals surface area contributed by atoms with Crippen molar-refractivity contribution in [3.8, 4) is 0 Å². The van der Waals surface area contributed by atoms with Gasteiger partial charge in [-0.15, -0.1) is 0 Å². The minimum absolute atomic E-state index is 0.0425. The monoisotopic (exact) mass is 1020 g/mol. The van der Waals surface area contributed by atoms with Crippen LogP contribution in [-0.4, -0.2) is 74.8 Å². The van der Waals surface area contributed by atoms with Crippen LogP contribution in [0.2, 0.25) is 0 Å². The van der Waals surface area contributed by atoms with Gasteiger partial charge in [-0.05, 0) is 50.0 Å². The number of hydrogen-bond acceptors (Lipinski definition) is 11. The molecule has 76 heavy (non-hydrogen) atoms. The van der Waals surface area contributed by atoms with Crippen molar-refractivity contribution in [1.82, 2.24) is 0 Å². The molecule has 0 N–H and O–H groups in total. The highest BCUT2D eigenvalue weighted by atomic mass is 16.7. The molecule has 0 spiro atoms. The number of nitrogens with zero attached hydrogens (tertiary/aromatic N) is 6. The van der Waals surface area contributed by atoms with Crippen LogP contribution in [0.4, 0.5) is 0 Å². The average molecular weight is 1030 g/mol. The maximum Gasteiger partial charge on any atom is 0.169 e. The van der Waals surface area contributed by atoms with E-state index in [1.807, 2.05) is 212 Å². The van der Waals surface area contributed by atoms with Crippen molar-refractivity contribution in [2.24, 2.45) is 10.2 Å². The Morgan fingerprint density at radius 1 is 0.421 bits per heavy atom. The van der Waals surface area contributed by atoms with Gasteiger partial charge in [0.15, 0.2) is 6.29 Å². The Balaban J connectivity index is 1.20. The molecule has 8 rings (SSSR count). The Kier molecular flexibility index (Phi) is 22.4. The zero-order valence-corrected chi connectivity index (χ0v) is 42.3. The second-order valence-corrected chi connectivity index (χ2v) is 18.2. The lowest BCUT2D eigenvalue weighted by molar-refractivity contribution is -0.311. The zero-order valence-electron chi connectivity index (χ0n) is 42.3. The van der Waals surface area contributed by atoms with Crippen LogP contribution in [0.25, 0.3) is 20.9 Å². The summed E-state index contributed by atoms with van der Waals surface area (Å²) >= 11 is 0. The second-order valence-electron chi connectivity index (χ2n) is 18.2. The van der Waals surface area contributed by atoms with E-state index in [2.05, 4.69) is 20.1 Å². The zero-order chi connectivity index (χ0) is 52.2. The summed E-state index contributed by atoms with van der Waals surface area (Å²) in [5.41, 5.74) is 27.1. The SMILES string of the molecule is [N-]=[N+]=N[C@H]1[C@H](O[C@@H](COCc2ccccc2)[C@@H](OCc2ccccc2)[C@H](OCc2ccccc2)[C@@H](COCc2ccccc2)N=[N+]=[N-])O[C@H](COCc2ccccc2)[C@@H](OCc2ccccc2)[C@@H]1OCc1ccccc1. The fourth-order valence-corrected chi connectivity index (χ4v) is 8.87. The third kappa shape index (κ3) is 17.4. The van der Waals surface area contributed by atoms with E-state index < -0.39 is 55.0 Å². The lowest BCUT2D eigenvalue weighted by Gasteiger charge is -2.46. The van der Waals surface area contributed by atoms with E-state index in [1.54, 1.807) is 0 Å². The molecular weight excluding hydrogens is 961 g/mol. The summed E-state index contributed by atoms with van der Waals surface area (Å²) in [5, 5.41) is 8.74. The smallest absolute Gasteiger partial charge is 0.169 e. The summed E-state index contributed by atoms with van der Waals surface area (Å²) in [6.07, 6.45) is -7.06. The maximum absolute atomic E-state index is 10.4. The molecule has 1 saturated heterocycles. The van der Waals surface area contributed by atoms with Crippen LogP contribution >= 0.6 is 0 Å². The van der Waals surface area contributed by atoms with Crippen LogP contribution in [-0.2, 0) is 88.9 Å². The van der Waals surface area contributed by atoms with Crippen LogP contribution in [0.5, 0.6) is 0 Å². The molecule has 0 radical (unpaired) electrons. The fraction of sp³-hybridized carbons (Fsp3) is 0.311. The predicted molar refractivity (Wildman–Crippen MR) is 288 cm³/mol. The molecule has 15 nitrogen and oxygen atoms in total. The van der Waals surface area contributed by atoms with E-state index >= 15 is 0 Å². The molecule has 0 amide bonds. The molecule has 1 aliphatic rings. The summed E-state index contributed by atoms with van der Waals surface area (Å²) < 4.78 is 61.3. The third-order valence-corrected chi connectivity index (χ3v) is 12.7. The first-order chi connectivity index (χ1) is 37.6. The van der Waals surface area contributed by atoms with Crippen LogP contribution < -0.4 is 0 Å². The van der Waals surface area contributed by atoms with Gasteiger partial charge in [-0.3, -0.25) is 0 Å². The number of hydrogen-bond donors (Lipinski definition) is 0. The average Bonchev–Trinajstić information content (AvgIpc) is 3.48. The standard InChI is InChI=1S/C61H64N6O9/c62-66-64-53(43-68-36-46-22-8-1-9-23-46)57(71-39-49-28-14-4-15-29-49)58(72-40-50-30-16-5-17-31-50)54(44-69-37-47-24-10-2-11-25-47)75-61-56(65-67-63)60(74-42-52-34-20-7-21-35-52)59(73-41-51-32-18-6-19-33-51)55(76-61)45-70-38-48-26-12-3-13-27-48/h1-35,53-61H,36-45H2/t53-,54+,55-,56-,57-,58-,59-,60-,61-/m1/s1. The van der Waals surface area contributed by atoms with Crippen molar-refractivity contribution in [2.45, 2.75) is 101 Å². The highest BCUT2D eigenvalue weighted by molar-refractivity contribution is 5.19. The second kappa shape index (κ2) is 31.0. The highest BCUT2D eigenvalue weighted by Gasteiger charge is 2.50. The lowest BCUT2D eigenvalue weighted by Crippen LogP contribution is -2.62. The van der Waals surface area contributed by atoms with Crippen LogP contribution in [0.15, 0.2) is 223 Å². The van der Waals surface area contributed by atoms with Gasteiger partial charge in [0.2, 0.25) is 0 Å². The van der Waals surface area contributed by atoms with Gasteiger partial charge in [-0.1, -0.05) is 223 Å². The van der Waals surface area contributed by atoms with E-state index in [4.69, 9.17) is 42.6 Å². The molecule has 0 unspecified atom stereocenters. The normalized spacial score (nSPS) is 18.8. The van der Waals surface area contributed by atoms with E-state index in [1.165, 1.54) is 0 Å². The Labute approximate surface area is 444 Å². The molecule has 1 aliphatic heterocycles. The number of benzene rings is 7. The van der Waals surface area contributed by atoms with Crippen molar-refractivity contribution in [2.75, 3.05) is 19.8 Å². The molecule has 7 aromatic carbocycles. The molecule has 392 valence electrons. The minimum Gasteiger partial charge on any atom is -0.376 e. The van der Waals surface area contributed by atoms with Gasteiger partial charge in [-0.25, -0.2) is 0 Å². The van der Waals surface area contributed by atoms with Gasteiger partial charge in [0.25, 0.3) is 0 Å². The number of ether oxygens (including phenoxy) is 9. The van der Waals surface area contributed by atoms with Crippen molar-refractivity contribution >= 4 is 0 Å². The van der Waals surface area contributed by atoms with Crippen molar-refractivity contribution in [1.29, 1.82) is 0 Å². The molecule has 0 bridgehead atoms. The molecule has 0 aliphatic carbocycles. The van der Waals surface area contributed by atoms with Crippen molar-refractivity contribution in [3.05, 3.63) is 272 Å². The summed E-state index contributed by atoms with van der Waals surface area (Å²) in [6.45, 7) is 1.21. The van der Waals surface area contributed by atoms with E-state index in [0.29, 0.717) is 0 Å². The predicted octanol–water partition coefficient (Wildman–Crippen LogP) is 12.4. The van der Waals surface area contributed by atoms with Crippen LogP contribution in [0.1, 0.15) is 38.9 Å². The molecule has 1 heterocycles. The van der Waals surface area contributed by atoms with E-state index in [-0.39, 0.29) is 66.1 Å². The fourth-order valence-electron chi connectivity index (χ4n) is 8.87. The first-order valence-corrected chi connectivity index (χ1v) is 25.5. The Bertz CT molecular complexity index is 2780. The summed E-state index contributed by atoms with van der Waals surface area (Å²) in [4.78, 5) is 6.70. The minimum atomic E-state index is -1.31. The largest absolute Gasteiger partial charge is 0.376 e. The van der Waals surface area contributed by atoms with Gasteiger partial charge in [0.05, 0.1) is 78.2 Å². The van der Waals surface area contributed by atoms with Gasteiger partial charge in [0.1, 0.15) is 36.6 Å². The van der Waals surface area contributed by atoms with E-state index in [0.717, 1.165) is 38.9 Å². The third-order valence-electron chi connectivity index (χ3n) is 12.7. The molecule has 0 aromatic heterocycles. The summed E-state index contributed by atoms with van der Waals surface area (Å²) in [5.74, 6) is 0. The van der Waals surface area contributed by atoms with Crippen LogP contribution in [0.3, 0.4) is 0 Å². The molecule has 9 atom stereocenters. The van der Waals surface area contributed by atoms with Crippen molar-refractivity contribution in [3.63, 3.8) is 0 Å². The molecule has 1 fully saturated rings. The topological polar surface area (TPSA) is 181 Å². The number of rotatable bonds is 31. The maximum atomic E-state index is 10.4. The van der Waals surface area contributed by atoms with Gasteiger partial charge >= 0.3 is 0 Å². The summed E-state index contributed by atoms with van der Waals surface area (Å²) in [6, 6.07) is 66.2.